The minimum Gasteiger partial charge on any atom is -0.373 e. The number of hydrogen-bond donors (Lipinski definition) is 0. The van der Waals surface area contributed by atoms with Gasteiger partial charge in [-0.05, 0) is 13.8 Å². The highest BCUT2D eigenvalue weighted by Crippen LogP contribution is 2.09. The van der Waals surface area contributed by atoms with Crippen LogP contribution < -0.4 is 0 Å². The zero-order valence-electron chi connectivity index (χ0n) is 7.25. The lowest BCUT2D eigenvalue weighted by Crippen LogP contribution is -2.46. The molecule has 65 valence electrons. The van der Waals surface area contributed by atoms with Crippen molar-refractivity contribution in [1.29, 1.82) is 0 Å². The number of nitrogens with zero attached hydrogens (tertiary/aromatic N) is 1. The van der Waals surface area contributed by atoms with E-state index in [4.69, 9.17) is 4.74 Å². The summed E-state index contributed by atoms with van der Waals surface area (Å²) < 4.78 is 5.52. The highest BCUT2D eigenvalue weighted by Gasteiger charge is 2.21. The van der Waals surface area contributed by atoms with Gasteiger partial charge in [0.1, 0.15) is 0 Å². The van der Waals surface area contributed by atoms with Crippen molar-refractivity contribution in [3.8, 4) is 0 Å². The molecule has 1 aliphatic heterocycles. The molecule has 1 heterocycles. The molecule has 1 radical (unpaired) electrons. The number of ether oxygens (including phenoxy) is 1. The zero-order chi connectivity index (χ0) is 8.27. The molecule has 0 bridgehead atoms. The lowest BCUT2D eigenvalue weighted by molar-refractivity contribution is -0.0724. The van der Waals surface area contributed by atoms with E-state index in [1.165, 1.54) is 0 Å². The van der Waals surface area contributed by atoms with Gasteiger partial charge in [0.25, 0.3) is 0 Å². The largest absolute Gasteiger partial charge is 0.373 e. The molecule has 0 saturated carbocycles. The molecule has 0 aromatic carbocycles. The van der Waals surface area contributed by atoms with Crippen LogP contribution in [0.2, 0.25) is 0 Å². The van der Waals surface area contributed by atoms with E-state index >= 15 is 0 Å². The smallest absolute Gasteiger partial charge is 0.0949 e. The molecule has 0 unspecified atom stereocenters. The lowest BCUT2D eigenvalue weighted by Gasteiger charge is -2.34. The summed E-state index contributed by atoms with van der Waals surface area (Å²) in [5, 5.41) is 10.3. The summed E-state index contributed by atoms with van der Waals surface area (Å²) in [6, 6.07) is 0. The highest BCUT2D eigenvalue weighted by atomic mass is 16.5. The third-order valence-electron chi connectivity index (χ3n) is 1.90. The summed E-state index contributed by atoms with van der Waals surface area (Å²) in [5.74, 6) is 0. The second kappa shape index (κ2) is 4.04. The molecule has 11 heavy (non-hydrogen) atoms. The maximum absolute atomic E-state index is 10.3. The first-order valence-corrected chi connectivity index (χ1v) is 4.18. The summed E-state index contributed by atoms with van der Waals surface area (Å²) in [4.78, 5) is 2.17. The lowest BCUT2D eigenvalue weighted by atomic mass is 10.2. The van der Waals surface area contributed by atoms with Crippen molar-refractivity contribution >= 4 is 0 Å². The minimum absolute atomic E-state index is 0.000556. The van der Waals surface area contributed by atoms with Crippen molar-refractivity contribution in [3.05, 3.63) is 0 Å². The summed E-state index contributed by atoms with van der Waals surface area (Å²) in [6.45, 7) is 6.58. The molecule has 1 rings (SSSR count). The van der Waals surface area contributed by atoms with Crippen LogP contribution in [-0.2, 0) is 9.84 Å². The standard InChI is InChI=1S/C8H16NO2/c1-7-5-9(3-4-10)6-8(2)11-7/h7-8H,3-6H2,1-2H3/t7-,8-/m0/s1. The van der Waals surface area contributed by atoms with Gasteiger partial charge in [-0.1, -0.05) is 0 Å². The fraction of sp³-hybridized carbons (Fsp3) is 1.00. The molecule has 0 amide bonds. The van der Waals surface area contributed by atoms with Crippen LogP contribution in [0.3, 0.4) is 0 Å². The average molecular weight is 158 g/mol. The first kappa shape index (κ1) is 8.97. The van der Waals surface area contributed by atoms with E-state index in [0.717, 1.165) is 13.1 Å². The van der Waals surface area contributed by atoms with Crippen LogP contribution in [0.25, 0.3) is 0 Å². The molecule has 1 fully saturated rings. The van der Waals surface area contributed by atoms with Gasteiger partial charge < -0.3 is 4.74 Å². The van der Waals surface area contributed by atoms with E-state index in [2.05, 4.69) is 4.90 Å². The maximum atomic E-state index is 10.3. The van der Waals surface area contributed by atoms with Crippen molar-refractivity contribution in [2.75, 3.05) is 26.2 Å². The number of rotatable bonds is 2. The normalized spacial score (nSPS) is 34.1. The molecule has 0 N–H and O–H groups in total. The van der Waals surface area contributed by atoms with Crippen LogP contribution >= 0.6 is 0 Å². The Labute approximate surface area is 68.0 Å². The van der Waals surface area contributed by atoms with Crippen molar-refractivity contribution < 1.29 is 9.84 Å². The highest BCUT2D eigenvalue weighted by molar-refractivity contribution is 4.72. The zero-order valence-corrected chi connectivity index (χ0v) is 7.25. The number of morpholine rings is 1. The van der Waals surface area contributed by atoms with E-state index in [9.17, 15) is 5.11 Å². The summed E-state index contributed by atoms with van der Waals surface area (Å²) in [7, 11) is 0. The SMILES string of the molecule is C[C@H]1CN(CC[O])C[C@H](C)O1. The van der Waals surface area contributed by atoms with Gasteiger partial charge in [0.2, 0.25) is 0 Å². The first-order valence-electron chi connectivity index (χ1n) is 4.18. The number of hydrogen-bond acceptors (Lipinski definition) is 2. The molecule has 1 aliphatic rings. The second-order valence-electron chi connectivity index (χ2n) is 3.22. The monoisotopic (exact) mass is 158 g/mol. The van der Waals surface area contributed by atoms with Crippen LogP contribution in [0.15, 0.2) is 0 Å². The fourth-order valence-corrected chi connectivity index (χ4v) is 1.60. The van der Waals surface area contributed by atoms with Crippen molar-refractivity contribution in [3.63, 3.8) is 0 Å². The Bertz CT molecular complexity index is 109. The summed E-state index contributed by atoms with van der Waals surface area (Å²) >= 11 is 0. The Morgan fingerprint density at radius 1 is 1.36 bits per heavy atom. The van der Waals surface area contributed by atoms with Gasteiger partial charge in [-0.2, -0.15) is 0 Å². The van der Waals surface area contributed by atoms with Crippen LogP contribution in [0.4, 0.5) is 0 Å². The minimum atomic E-state index is -0.000556. The Morgan fingerprint density at radius 3 is 2.36 bits per heavy atom. The van der Waals surface area contributed by atoms with Crippen molar-refractivity contribution in [2.45, 2.75) is 26.1 Å². The van der Waals surface area contributed by atoms with E-state index in [1.54, 1.807) is 0 Å². The molecular weight excluding hydrogens is 142 g/mol. The topological polar surface area (TPSA) is 32.4 Å². The van der Waals surface area contributed by atoms with Crippen molar-refractivity contribution in [1.82, 2.24) is 4.90 Å². The van der Waals surface area contributed by atoms with Gasteiger partial charge in [0.05, 0.1) is 18.8 Å². The van der Waals surface area contributed by atoms with Crippen LogP contribution in [0.5, 0.6) is 0 Å². The molecule has 3 heteroatoms. The predicted octanol–water partition coefficient (Wildman–Crippen LogP) is 0.526. The van der Waals surface area contributed by atoms with Gasteiger partial charge in [-0.3, -0.25) is 4.90 Å². The molecule has 2 atom stereocenters. The third kappa shape index (κ3) is 2.77. The van der Waals surface area contributed by atoms with Crippen LogP contribution in [0.1, 0.15) is 13.8 Å². The fourth-order valence-electron chi connectivity index (χ4n) is 1.60. The van der Waals surface area contributed by atoms with Gasteiger partial charge in [-0.15, -0.1) is 0 Å². The van der Waals surface area contributed by atoms with Gasteiger partial charge in [0, 0.05) is 19.6 Å². The molecule has 0 aliphatic carbocycles. The Kier molecular flexibility index (Phi) is 3.30. The first-order chi connectivity index (χ1) is 5.22. The Hall–Kier alpha value is -0.120. The average Bonchev–Trinajstić information content (AvgIpc) is 1.85. The molecular formula is C8H16NO2. The second-order valence-corrected chi connectivity index (χ2v) is 3.22. The summed E-state index contributed by atoms with van der Waals surface area (Å²) in [5.41, 5.74) is 0. The molecule has 0 spiro atoms. The van der Waals surface area contributed by atoms with E-state index in [1.807, 2.05) is 13.8 Å². The molecule has 0 aromatic heterocycles. The Morgan fingerprint density at radius 2 is 1.91 bits per heavy atom. The van der Waals surface area contributed by atoms with Gasteiger partial charge in [-0.25, -0.2) is 5.11 Å². The van der Waals surface area contributed by atoms with Crippen molar-refractivity contribution in [2.24, 2.45) is 0 Å². The van der Waals surface area contributed by atoms with Crippen LogP contribution in [0, 0.1) is 0 Å². The summed E-state index contributed by atoms with van der Waals surface area (Å²) in [6.07, 6.45) is 0.565. The Balaban J connectivity index is 2.30. The molecule has 0 aromatic rings. The molecule has 3 nitrogen and oxygen atoms in total. The van der Waals surface area contributed by atoms with E-state index in [-0.39, 0.29) is 18.8 Å². The van der Waals surface area contributed by atoms with E-state index < -0.39 is 0 Å². The van der Waals surface area contributed by atoms with Crippen LogP contribution in [-0.4, -0.2) is 43.3 Å². The van der Waals surface area contributed by atoms with E-state index in [0.29, 0.717) is 6.54 Å². The van der Waals surface area contributed by atoms with Gasteiger partial charge in [0.15, 0.2) is 0 Å². The predicted molar refractivity (Wildman–Crippen MR) is 42.0 cm³/mol. The van der Waals surface area contributed by atoms with Gasteiger partial charge >= 0.3 is 0 Å². The molecule has 1 saturated heterocycles. The quantitative estimate of drug-likeness (QED) is 0.587. The third-order valence-corrected chi connectivity index (χ3v) is 1.90. The maximum Gasteiger partial charge on any atom is 0.0949 e.